The number of aromatic nitrogens is 3. The molecule has 1 fully saturated rings. The Morgan fingerprint density at radius 1 is 1.11 bits per heavy atom. The minimum absolute atomic E-state index is 0.0523. The van der Waals surface area contributed by atoms with Gasteiger partial charge in [0.25, 0.3) is 5.56 Å². The van der Waals surface area contributed by atoms with Crippen molar-refractivity contribution < 1.29 is 23.1 Å². The number of pyridine rings is 1. The first-order valence-electron chi connectivity index (χ1n) is 15.1. The number of amides is 2. The van der Waals surface area contributed by atoms with E-state index in [-0.39, 0.29) is 55.0 Å². The van der Waals surface area contributed by atoms with E-state index in [2.05, 4.69) is 9.97 Å². The third-order valence-corrected chi connectivity index (χ3v) is 8.33. The summed E-state index contributed by atoms with van der Waals surface area (Å²) in [6.07, 6.45) is 5.80. The molecule has 1 aromatic carbocycles. The highest BCUT2D eigenvalue weighted by molar-refractivity contribution is 5.97. The van der Waals surface area contributed by atoms with Gasteiger partial charge in [-0.1, -0.05) is 19.9 Å². The van der Waals surface area contributed by atoms with Crippen molar-refractivity contribution in [3.05, 3.63) is 87.9 Å². The zero-order valence-electron chi connectivity index (χ0n) is 26.6. The number of fused-ring (bicyclic) bond motifs is 1. The lowest BCUT2D eigenvalue weighted by molar-refractivity contribution is -0.121. The zero-order valence-corrected chi connectivity index (χ0v) is 26.6. The number of nitrogens with zero attached hydrogens (tertiary/aromatic N) is 6. The van der Waals surface area contributed by atoms with Crippen LogP contribution in [0, 0.1) is 11.6 Å². The molecule has 0 bridgehead atoms. The Hall–Kier alpha value is -4.19. The van der Waals surface area contributed by atoms with Crippen molar-refractivity contribution in [2.75, 3.05) is 31.1 Å². The largest absolute Gasteiger partial charge is 0.444 e. The van der Waals surface area contributed by atoms with Gasteiger partial charge in [-0.15, -0.1) is 0 Å². The standard InChI is InChI=1S/C33H40F2N6O4/c1-21-16-39(25(17-38-10-9-36-15-29(38)42)18-40(21)31(44)45-32(2,3)4)19-30(43)41-20-33(5,6)26-14-37-24(13-28(26)41)11-22-7-8-23(34)12-27(22)35/h7-10,12-15,21,25H,11,16-20H2,1-6H3/t21-,25+/m1/s1. The van der Waals surface area contributed by atoms with Gasteiger partial charge in [0.2, 0.25) is 5.91 Å². The Labute approximate surface area is 261 Å². The van der Waals surface area contributed by atoms with Crippen LogP contribution in [-0.2, 0) is 27.9 Å². The number of ether oxygens (including phenoxy) is 1. The molecule has 0 unspecified atom stereocenters. The molecule has 12 heteroatoms. The summed E-state index contributed by atoms with van der Waals surface area (Å²) in [6.45, 7) is 12.8. The fraction of sp³-hybridized carbons (Fsp3) is 0.485. The van der Waals surface area contributed by atoms with E-state index >= 15 is 0 Å². The number of hydrogen-bond acceptors (Lipinski definition) is 7. The Balaban J connectivity index is 1.40. The lowest BCUT2D eigenvalue weighted by Gasteiger charge is -2.45. The molecule has 3 aromatic rings. The first kappa shape index (κ1) is 32.2. The van der Waals surface area contributed by atoms with E-state index in [1.165, 1.54) is 29.1 Å². The summed E-state index contributed by atoms with van der Waals surface area (Å²) in [6, 6.07) is 4.66. The van der Waals surface area contributed by atoms with Gasteiger partial charge in [0.05, 0.1) is 18.4 Å². The van der Waals surface area contributed by atoms with Crippen LogP contribution in [-0.4, -0.2) is 80.2 Å². The SMILES string of the molecule is C[C@@H]1CN(CC(=O)N2CC(C)(C)c3cnc(Cc4ccc(F)cc4F)cc32)[C@@H](Cn2ccncc2=O)CN1C(=O)OC(C)(C)C. The second-order valence-corrected chi connectivity index (χ2v) is 13.6. The number of carbonyl (C=O) groups is 2. The van der Waals surface area contributed by atoms with Gasteiger partial charge in [-0.05, 0) is 45.4 Å². The van der Waals surface area contributed by atoms with Crippen LogP contribution < -0.4 is 10.5 Å². The molecule has 0 radical (unpaired) electrons. The van der Waals surface area contributed by atoms with Crippen LogP contribution in [0.3, 0.4) is 0 Å². The van der Waals surface area contributed by atoms with Crippen LogP contribution in [0.4, 0.5) is 19.3 Å². The molecular formula is C33H40F2N6O4. The minimum atomic E-state index is -0.673. The Morgan fingerprint density at radius 2 is 1.87 bits per heavy atom. The zero-order chi connectivity index (χ0) is 32.7. The second kappa shape index (κ2) is 12.3. The van der Waals surface area contributed by atoms with E-state index in [9.17, 15) is 23.2 Å². The molecule has 0 spiro atoms. The minimum Gasteiger partial charge on any atom is -0.444 e. The van der Waals surface area contributed by atoms with Gasteiger partial charge < -0.3 is 19.1 Å². The number of hydrogen-bond donors (Lipinski definition) is 0. The number of halogens is 2. The highest BCUT2D eigenvalue weighted by atomic mass is 19.1. The molecule has 4 heterocycles. The highest BCUT2D eigenvalue weighted by Crippen LogP contribution is 2.41. The molecular weight excluding hydrogens is 582 g/mol. The number of carbonyl (C=O) groups excluding carboxylic acids is 2. The molecule has 2 atom stereocenters. The maximum absolute atomic E-state index is 14.4. The lowest BCUT2D eigenvalue weighted by Crippen LogP contribution is -2.62. The molecule has 10 nitrogen and oxygen atoms in total. The number of benzene rings is 1. The third kappa shape index (κ3) is 7.22. The molecule has 240 valence electrons. The molecule has 0 N–H and O–H groups in total. The van der Waals surface area contributed by atoms with Crippen LogP contribution in [0.25, 0.3) is 0 Å². The van der Waals surface area contributed by atoms with Crippen LogP contribution in [0.5, 0.6) is 0 Å². The molecule has 45 heavy (non-hydrogen) atoms. The van der Waals surface area contributed by atoms with Gasteiger partial charge in [-0.3, -0.25) is 24.5 Å². The van der Waals surface area contributed by atoms with E-state index in [1.807, 2.05) is 52.5 Å². The van der Waals surface area contributed by atoms with E-state index in [0.717, 1.165) is 11.6 Å². The molecule has 0 saturated carbocycles. The van der Waals surface area contributed by atoms with Crippen molar-refractivity contribution in [1.29, 1.82) is 0 Å². The van der Waals surface area contributed by atoms with Crippen LogP contribution in [0.2, 0.25) is 0 Å². The number of rotatable bonds is 6. The van der Waals surface area contributed by atoms with E-state index < -0.39 is 23.3 Å². The van der Waals surface area contributed by atoms with Crippen molar-refractivity contribution in [2.45, 2.75) is 77.6 Å². The maximum atomic E-state index is 14.4. The Bertz CT molecular complexity index is 1650. The predicted molar refractivity (Wildman–Crippen MR) is 165 cm³/mol. The summed E-state index contributed by atoms with van der Waals surface area (Å²) in [5, 5.41) is 0. The third-order valence-electron chi connectivity index (χ3n) is 8.33. The topological polar surface area (TPSA) is 101 Å². The summed E-state index contributed by atoms with van der Waals surface area (Å²) in [5.41, 5.74) is 1.16. The highest BCUT2D eigenvalue weighted by Gasteiger charge is 2.42. The Morgan fingerprint density at radius 3 is 2.56 bits per heavy atom. The van der Waals surface area contributed by atoms with Crippen LogP contribution in [0.1, 0.15) is 58.4 Å². The number of anilines is 1. The first-order chi connectivity index (χ1) is 21.1. The van der Waals surface area contributed by atoms with E-state index in [0.29, 0.717) is 30.0 Å². The van der Waals surface area contributed by atoms with Crippen molar-refractivity contribution in [3.8, 4) is 0 Å². The molecule has 2 amide bonds. The lowest BCUT2D eigenvalue weighted by atomic mass is 9.88. The fourth-order valence-electron chi connectivity index (χ4n) is 6.04. The van der Waals surface area contributed by atoms with Gasteiger partial charge in [0.1, 0.15) is 17.2 Å². The van der Waals surface area contributed by atoms with Gasteiger partial charge >= 0.3 is 6.09 Å². The van der Waals surface area contributed by atoms with Gasteiger partial charge in [0, 0.05) is 86.0 Å². The summed E-state index contributed by atoms with van der Waals surface area (Å²) in [4.78, 5) is 53.6. The molecule has 1 saturated heterocycles. The summed E-state index contributed by atoms with van der Waals surface area (Å²) < 4.78 is 35.1. The normalized spacial score (nSPS) is 19.8. The average Bonchev–Trinajstić information content (AvgIpc) is 3.21. The number of piperazine rings is 1. The first-order valence-corrected chi connectivity index (χ1v) is 15.1. The molecule has 5 rings (SSSR count). The van der Waals surface area contributed by atoms with Crippen LogP contribution >= 0.6 is 0 Å². The van der Waals surface area contributed by atoms with Gasteiger partial charge in [-0.25, -0.2) is 13.6 Å². The van der Waals surface area contributed by atoms with E-state index in [1.54, 1.807) is 22.2 Å². The van der Waals surface area contributed by atoms with Gasteiger partial charge in [-0.2, -0.15) is 0 Å². The molecule has 2 aliphatic rings. The average molecular weight is 623 g/mol. The molecule has 0 aliphatic carbocycles. The smallest absolute Gasteiger partial charge is 0.410 e. The fourth-order valence-corrected chi connectivity index (χ4v) is 6.04. The van der Waals surface area contributed by atoms with Crippen molar-refractivity contribution in [3.63, 3.8) is 0 Å². The Kier molecular flexibility index (Phi) is 8.81. The van der Waals surface area contributed by atoms with Crippen molar-refractivity contribution >= 4 is 17.7 Å². The van der Waals surface area contributed by atoms with Crippen LogP contribution in [0.15, 0.2) is 53.8 Å². The van der Waals surface area contributed by atoms with Gasteiger partial charge in [0.15, 0.2) is 0 Å². The summed E-state index contributed by atoms with van der Waals surface area (Å²) in [5.74, 6) is -1.44. The molecule has 2 aromatic heterocycles. The summed E-state index contributed by atoms with van der Waals surface area (Å²) >= 11 is 0. The quantitative estimate of drug-likeness (QED) is 0.408. The van der Waals surface area contributed by atoms with Crippen molar-refractivity contribution in [1.82, 2.24) is 24.3 Å². The second-order valence-electron chi connectivity index (χ2n) is 13.6. The maximum Gasteiger partial charge on any atom is 0.410 e. The monoisotopic (exact) mass is 622 g/mol. The van der Waals surface area contributed by atoms with Crippen molar-refractivity contribution in [2.24, 2.45) is 0 Å². The predicted octanol–water partition coefficient (Wildman–Crippen LogP) is 4.14. The summed E-state index contributed by atoms with van der Waals surface area (Å²) in [7, 11) is 0. The molecule has 2 aliphatic heterocycles. The van der Waals surface area contributed by atoms with E-state index in [4.69, 9.17) is 4.74 Å².